The van der Waals surface area contributed by atoms with Crippen LogP contribution in [0.25, 0.3) is 5.65 Å². The van der Waals surface area contributed by atoms with Crippen molar-refractivity contribution >= 4 is 23.1 Å². The number of anilines is 2. The highest BCUT2D eigenvalue weighted by molar-refractivity contribution is 6.06. The lowest BCUT2D eigenvalue weighted by Crippen LogP contribution is -2.20. The molecule has 2 aromatic heterocycles. The summed E-state index contributed by atoms with van der Waals surface area (Å²) in [5, 5.41) is 19.6. The summed E-state index contributed by atoms with van der Waals surface area (Å²) in [6.07, 6.45) is 1.97. The molecule has 0 unspecified atom stereocenters. The van der Waals surface area contributed by atoms with Gasteiger partial charge in [0.05, 0.1) is 5.69 Å². The summed E-state index contributed by atoms with van der Waals surface area (Å²) in [5.74, 6) is 1.43. The molecule has 0 aliphatic carbocycles. The van der Waals surface area contributed by atoms with Crippen LogP contribution < -0.4 is 10.6 Å². The van der Waals surface area contributed by atoms with Gasteiger partial charge in [0.25, 0.3) is 5.91 Å². The zero-order valence-electron chi connectivity index (χ0n) is 16.2. The van der Waals surface area contributed by atoms with Crippen LogP contribution in [0.3, 0.4) is 0 Å². The number of fused-ring (bicyclic) bond motifs is 1. The average Bonchev–Trinajstić information content (AvgIpc) is 3.11. The number of rotatable bonds is 7. The second kappa shape index (κ2) is 8.16. The van der Waals surface area contributed by atoms with E-state index in [1.54, 1.807) is 16.6 Å². The Hall–Kier alpha value is -2.96. The van der Waals surface area contributed by atoms with E-state index >= 15 is 0 Å². The largest absolute Gasteiger partial charge is 0.366 e. The molecule has 0 saturated carbocycles. The molecule has 0 bridgehead atoms. The molecule has 1 aromatic carbocycles. The summed E-state index contributed by atoms with van der Waals surface area (Å²) in [6, 6.07) is 11.3. The van der Waals surface area contributed by atoms with Gasteiger partial charge in [-0.05, 0) is 25.0 Å². The molecule has 7 heteroatoms. The summed E-state index contributed by atoms with van der Waals surface area (Å²) >= 11 is 0. The maximum Gasteiger partial charge on any atom is 0.255 e. The molecular weight excluding hydrogens is 340 g/mol. The molecule has 0 spiro atoms. The fourth-order valence-electron chi connectivity index (χ4n) is 2.90. The molecule has 2 N–H and O–H groups in total. The fourth-order valence-corrected chi connectivity index (χ4v) is 2.90. The van der Waals surface area contributed by atoms with Crippen LogP contribution in [0.4, 0.5) is 11.5 Å². The number of nitrogens with one attached hydrogen (secondary N) is 2. The van der Waals surface area contributed by atoms with Gasteiger partial charge in [0.15, 0.2) is 5.82 Å². The van der Waals surface area contributed by atoms with E-state index < -0.39 is 0 Å². The first-order valence-corrected chi connectivity index (χ1v) is 9.42. The van der Waals surface area contributed by atoms with Gasteiger partial charge >= 0.3 is 0 Å². The van der Waals surface area contributed by atoms with Crippen LogP contribution in [-0.4, -0.2) is 31.8 Å². The van der Waals surface area contributed by atoms with Crippen LogP contribution in [0.5, 0.6) is 0 Å². The molecule has 0 fully saturated rings. The lowest BCUT2D eigenvalue weighted by atomic mass is 10.2. The smallest absolute Gasteiger partial charge is 0.255 e. The van der Waals surface area contributed by atoms with Gasteiger partial charge in [0.2, 0.25) is 5.65 Å². The van der Waals surface area contributed by atoms with Gasteiger partial charge in [-0.1, -0.05) is 45.9 Å². The number of aromatic nitrogens is 4. The Morgan fingerprint density at radius 3 is 2.44 bits per heavy atom. The predicted octanol–water partition coefficient (Wildman–Crippen LogP) is 4.10. The lowest BCUT2D eigenvalue weighted by molar-refractivity contribution is 0.102. The highest BCUT2D eigenvalue weighted by Crippen LogP contribution is 2.23. The first-order valence-electron chi connectivity index (χ1n) is 9.42. The predicted molar refractivity (Wildman–Crippen MR) is 107 cm³/mol. The molecule has 2 heterocycles. The summed E-state index contributed by atoms with van der Waals surface area (Å²) in [6.45, 7) is 8.36. The van der Waals surface area contributed by atoms with Crippen molar-refractivity contribution in [1.29, 1.82) is 0 Å². The summed E-state index contributed by atoms with van der Waals surface area (Å²) in [4.78, 5) is 12.6. The Balaban J connectivity index is 2.02. The Morgan fingerprint density at radius 1 is 1.11 bits per heavy atom. The monoisotopic (exact) mass is 366 g/mol. The number of nitrogens with zero attached hydrogens (tertiary/aromatic N) is 4. The minimum absolute atomic E-state index is 0.161. The normalized spacial score (nSPS) is 11.3. The van der Waals surface area contributed by atoms with Gasteiger partial charge in [0, 0.05) is 23.6 Å². The quantitative estimate of drug-likeness (QED) is 0.658. The Morgan fingerprint density at radius 2 is 1.81 bits per heavy atom. The van der Waals surface area contributed by atoms with Gasteiger partial charge in [0.1, 0.15) is 5.82 Å². The molecule has 3 rings (SSSR count). The van der Waals surface area contributed by atoms with Crippen molar-refractivity contribution in [3.05, 3.63) is 47.8 Å². The summed E-state index contributed by atoms with van der Waals surface area (Å²) < 4.78 is 1.72. The molecule has 0 aliphatic heterocycles. The minimum atomic E-state index is -0.189. The van der Waals surface area contributed by atoms with Crippen molar-refractivity contribution in [3.63, 3.8) is 0 Å². The summed E-state index contributed by atoms with van der Waals surface area (Å²) in [7, 11) is 0. The number of carbonyl (C=O) groups excluding carboxylic acids is 1. The van der Waals surface area contributed by atoms with Gasteiger partial charge in [-0.3, -0.25) is 4.79 Å². The number of benzene rings is 1. The van der Waals surface area contributed by atoms with Crippen molar-refractivity contribution in [2.24, 2.45) is 0 Å². The van der Waals surface area contributed by atoms with Gasteiger partial charge in [-0.2, -0.15) is 4.52 Å². The van der Waals surface area contributed by atoms with Gasteiger partial charge < -0.3 is 10.6 Å². The Bertz CT molecular complexity index is 915. The first kappa shape index (κ1) is 18.8. The van der Waals surface area contributed by atoms with Crippen LogP contribution in [0.2, 0.25) is 0 Å². The number of carbonyl (C=O) groups is 1. The molecule has 27 heavy (non-hydrogen) atoms. The highest BCUT2D eigenvalue weighted by atomic mass is 16.1. The van der Waals surface area contributed by atoms with E-state index in [2.05, 4.69) is 39.8 Å². The second-order valence-corrected chi connectivity index (χ2v) is 6.87. The van der Waals surface area contributed by atoms with Crippen LogP contribution >= 0.6 is 0 Å². The van der Waals surface area contributed by atoms with Crippen molar-refractivity contribution in [2.75, 3.05) is 10.6 Å². The van der Waals surface area contributed by atoms with Crippen LogP contribution in [0, 0.1) is 0 Å². The van der Waals surface area contributed by atoms with Gasteiger partial charge in [-0.25, -0.2) is 0 Å². The van der Waals surface area contributed by atoms with Crippen LogP contribution in [0.1, 0.15) is 62.6 Å². The van der Waals surface area contributed by atoms with E-state index in [0.29, 0.717) is 28.8 Å². The zero-order chi connectivity index (χ0) is 19.4. The third kappa shape index (κ3) is 4.07. The molecule has 7 nitrogen and oxygen atoms in total. The third-order valence-electron chi connectivity index (χ3n) is 4.53. The maximum atomic E-state index is 12.6. The molecule has 0 atom stereocenters. The standard InChI is InChI=1S/C20H26N6O/c1-5-15(6-2)21-17-12-16(22-20(27)14-10-8-7-9-11-14)19-24-23-18(13(3)4)26(19)25-17/h7-13,15H,5-6H2,1-4H3,(H,21,25)(H,22,27). The molecule has 0 radical (unpaired) electrons. The van der Waals surface area contributed by atoms with E-state index in [0.717, 1.165) is 18.7 Å². The van der Waals surface area contributed by atoms with E-state index in [4.69, 9.17) is 0 Å². The van der Waals surface area contributed by atoms with E-state index in [9.17, 15) is 4.79 Å². The molecular formula is C20H26N6O. The van der Waals surface area contributed by atoms with E-state index in [1.807, 2.05) is 38.1 Å². The first-order chi connectivity index (χ1) is 13.0. The number of hydrogen-bond acceptors (Lipinski definition) is 5. The minimum Gasteiger partial charge on any atom is -0.366 e. The molecule has 1 amide bonds. The van der Waals surface area contributed by atoms with Crippen molar-refractivity contribution < 1.29 is 4.79 Å². The SMILES string of the molecule is CCC(CC)Nc1cc(NC(=O)c2ccccc2)c2nnc(C(C)C)n2n1. The topological polar surface area (TPSA) is 84.2 Å². The second-order valence-electron chi connectivity index (χ2n) is 6.87. The third-order valence-corrected chi connectivity index (χ3v) is 4.53. The molecule has 0 aliphatic rings. The zero-order valence-corrected chi connectivity index (χ0v) is 16.2. The van der Waals surface area contributed by atoms with Crippen LogP contribution in [-0.2, 0) is 0 Å². The average molecular weight is 366 g/mol. The van der Waals surface area contributed by atoms with Crippen LogP contribution in [0.15, 0.2) is 36.4 Å². The van der Waals surface area contributed by atoms with Crippen molar-refractivity contribution in [3.8, 4) is 0 Å². The maximum absolute atomic E-state index is 12.6. The van der Waals surface area contributed by atoms with E-state index in [1.165, 1.54) is 0 Å². The van der Waals surface area contributed by atoms with Crippen molar-refractivity contribution in [2.45, 2.75) is 52.5 Å². The highest BCUT2D eigenvalue weighted by Gasteiger charge is 2.18. The molecule has 142 valence electrons. The fraction of sp³-hybridized carbons (Fsp3) is 0.400. The molecule has 0 saturated heterocycles. The summed E-state index contributed by atoms with van der Waals surface area (Å²) in [5.41, 5.74) is 1.72. The van der Waals surface area contributed by atoms with Gasteiger partial charge in [-0.15, -0.1) is 15.3 Å². The van der Waals surface area contributed by atoms with Crippen molar-refractivity contribution in [1.82, 2.24) is 19.8 Å². The molecule has 3 aromatic rings. The van der Waals surface area contributed by atoms with E-state index in [-0.39, 0.29) is 11.8 Å². The Kier molecular flexibility index (Phi) is 5.69. The Labute approximate surface area is 159 Å². The lowest BCUT2D eigenvalue weighted by Gasteiger charge is -2.17. The number of amides is 1. The number of hydrogen-bond donors (Lipinski definition) is 2.